The second kappa shape index (κ2) is 36.4. The van der Waals surface area contributed by atoms with Gasteiger partial charge >= 0.3 is 11.9 Å². The molecule has 0 aromatic heterocycles. The normalized spacial score (nSPS) is 12.2. The summed E-state index contributed by atoms with van der Waals surface area (Å²) in [5, 5.41) is -0.488. The SMILES string of the molecule is CCCCCCCC/C=C\CCCCCCCC(=O)OCC(Cl)COC(=O)CCCCCCCCCCCCCCCCC. The van der Waals surface area contributed by atoms with E-state index in [-0.39, 0.29) is 25.2 Å². The van der Waals surface area contributed by atoms with Crippen molar-refractivity contribution in [3.63, 3.8) is 0 Å². The van der Waals surface area contributed by atoms with Gasteiger partial charge in [-0.15, -0.1) is 11.6 Å². The number of carbonyl (C=O) groups excluding carboxylic acids is 2. The lowest BCUT2D eigenvalue weighted by molar-refractivity contribution is -0.146. The summed E-state index contributed by atoms with van der Waals surface area (Å²) in [7, 11) is 0. The summed E-state index contributed by atoms with van der Waals surface area (Å²) in [5.41, 5.74) is 0. The molecule has 1 atom stereocenters. The van der Waals surface area contributed by atoms with Crippen molar-refractivity contribution in [1.29, 1.82) is 0 Å². The molecule has 0 bridgehead atoms. The topological polar surface area (TPSA) is 52.6 Å². The van der Waals surface area contributed by atoms with Crippen molar-refractivity contribution in [3.05, 3.63) is 12.2 Å². The monoisotopic (exact) mass is 641 g/mol. The van der Waals surface area contributed by atoms with Gasteiger partial charge in [0.2, 0.25) is 0 Å². The third-order valence-electron chi connectivity index (χ3n) is 8.48. The minimum atomic E-state index is -0.488. The molecule has 260 valence electrons. The van der Waals surface area contributed by atoms with Gasteiger partial charge in [0.25, 0.3) is 0 Å². The molecular weight excluding hydrogens is 568 g/mol. The van der Waals surface area contributed by atoms with Crippen LogP contribution in [0.25, 0.3) is 0 Å². The fourth-order valence-electron chi connectivity index (χ4n) is 5.54. The molecule has 1 unspecified atom stereocenters. The van der Waals surface area contributed by atoms with Crippen molar-refractivity contribution in [2.75, 3.05) is 13.2 Å². The van der Waals surface area contributed by atoms with Gasteiger partial charge < -0.3 is 9.47 Å². The van der Waals surface area contributed by atoms with Gasteiger partial charge in [0.05, 0.1) is 0 Å². The molecule has 0 saturated heterocycles. The number of unbranched alkanes of at least 4 members (excludes halogenated alkanes) is 25. The first-order valence-electron chi connectivity index (χ1n) is 19.2. The van der Waals surface area contributed by atoms with E-state index in [1.54, 1.807) is 0 Å². The minimum absolute atomic E-state index is 0.0949. The molecule has 0 amide bonds. The Kier molecular flexibility index (Phi) is 35.6. The highest BCUT2D eigenvalue weighted by atomic mass is 35.5. The first kappa shape index (κ1) is 43.0. The van der Waals surface area contributed by atoms with Crippen molar-refractivity contribution in [3.8, 4) is 0 Å². The van der Waals surface area contributed by atoms with E-state index in [1.807, 2.05) is 0 Å². The van der Waals surface area contributed by atoms with Crippen LogP contribution in [0.2, 0.25) is 0 Å². The van der Waals surface area contributed by atoms with Crippen LogP contribution in [0.1, 0.15) is 206 Å². The van der Waals surface area contributed by atoms with Crippen LogP contribution < -0.4 is 0 Å². The van der Waals surface area contributed by atoms with Gasteiger partial charge in [0.1, 0.15) is 18.6 Å². The Bertz CT molecular complexity index is 636. The van der Waals surface area contributed by atoms with Crippen molar-refractivity contribution in [2.24, 2.45) is 0 Å². The molecule has 0 fully saturated rings. The Labute approximate surface area is 279 Å². The molecule has 0 saturated carbocycles. The Morgan fingerprint density at radius 1 is 0.455 bits per heavy atom. The highest BCUT2D eigenvalue weighted by Crippen LogP contribution is 2.14. The van der Waals surface area contributed by atoms with Crippen molar-refractivity contribution >= 4 is 23.5 Å². The molecule has 0 aliphatic rings. The summed E-state index contributed by atoms with van der Waals surface area (Å²) in [4.78, 5) is 24.0. The van der Waals surface area contributed by atoms with E-state index in [1.165, 1.54) is 148 Å². The van der Waals surface area contributed by atoms with Gasteiger partial charge in [0.15, 0.2) is 0 Å². The maximum atomic E-state index is 12.0. The van der Waals surface area contributed by atoms with E-state index in [9.17, 15) is 9.59 Å². The second-order valence-electron chi connectivity index (χ2n) is 13.0. The molecule has 4 nitrogen and oxygen atoms in total. The summed E-state index contributed by atoms with van der Waals surface area (Å²) in [6, 6.07) is 0. The number of ether oxygens (including phenoxy) is 2. The van der Waals surface area contributed by atoms with E-state index in [4.69, 9.17) is 21.1 Å². The number of hydrogen-bond donors (Lipinski definition) is 0. The lowest BCUT2D eigenvalue weighted by atomic mass is 10.0. The van der Waals surface area contributed by atoms with Crippen LogP contribution in [0.3, 0.4) is 0 Å². The quantitative estimate of drug-likeness (QED) is 0.0299. The molecule has 0 aliphatic carbocycles. The lowest BCUT2D eigenvalue weighted by Gasteiger charge is -2.11. The maximum absolute atomic E-state index is 12.0. The van der Waals surface area contributed by atoms with Crippen molar-refractivity contribution < 1.29 is 19.1 Å². The van der Waals surface area contributed by atoms with E-state index in [0.717, 1.165) is 32.1 Å². The fourth-order valence-corrected chi connectivity index (χ4v) is 5.67. The zero-order valence-electron chi connectivity index (χ0n) is 29.4. The molecule has 0 rings (SSSR count). The molecule has 0 aromatic carbocycles. The highest BCUT2D eigenvalue weighted by molar-refractivity contribution is 6.21. The summed E-state index contributed by atoms with van der Waals surface area (Å²) >= 11 is 6.20. The number of alkyl halides is 1. The number of halogens is 1. The van der Waals surface area contributed by atoms with Crippen LogP contribution in [-0.4, -0.2) is 30.5 Å². The smallest absolute Gasteiger partial charge is 0.305 e. The molecular formula is C39H73ClO4. The number of esters is 2. The van der Waals surface area contributed by atoms with Crippen LogP contribution in [0.5, 0.6) is 0 Å². The van der Waals surface area contributed by atoms with Crippen molar-refractivity contribution in [2.45, 2.75) is 212 Å². The molecule has 44 heavy (non-hydrogen) atoms. The molecule has 5 heteroatoms. The summed E-state index contributed by atoms with van der Waals surface area (Å²) in [6.07, 6.45) is 41.2. The Morgan fingerprint density at radius 3 is 1.05 bits per heavy atom. The van der Waals surface area contributed by atoms with Gasteiger partial charge in [-0.2, -0.15) is 0 Å². The third kappa shape index (κ3) is 35.4. The molecule has 0 aromatic rings. The Hall–Kier alpha value is -1.03. The Balaban J connectivity index is 3.41. The Morgan fingerprint density at radius 2 is 0.727 bits per heavy atom. The minimum Gasteiger partial charge on any atom is -0.464 e. The predicted molar refractivity (Wildman–Crippen MR) is 191 cm³/mol. The van der Waals surface area contributed by atoms with E-state index < -0.39 is 5.38 Å². The maximum Gasteiger partial charge on any atom is 0.305 e. The van der Waals surface area contributed by atoms with Gasteiger partial charge in [-0.1, -0.05) is 167 Å². The van der Waals surface area contributed by atoms with Crippen LogP contribution >= 0.6 is 11.6 Å². The number of allylic oxidation sites excluding steroid dienone is 2. The zero-order chi connectivity index (χ0) is 32.2. The highest BCUT2D eigenvalue weighted by Gasteiger charge is 2.12. The zero-order valence-corrected chi connectivity index (χ0v) is 30.1. The molecule has 0 spiro atoms. The van der Waals surface area contributed by atoms with Crippen LogP contribution in [0.15, 0.2) is 12.2 Å². The third-order valence-corrected chi connectivity index (χ3v) is 8.73. The van der Waals surface area contributed by atoms with Crippen LogP contribution in [0.4, 0.5) is 0 Å². The van der Waals surface area contributed by atoms with E-state index in [2.05, 4.69) is 26.0 Å². The van der Waals surface area contributed by atoms with E-state index >= 15 is 0 Å². The van der Waals surface area contributed by atoms with Crippen molar-refractivity contribution in [1.82, 2.24) is 0 Å². The van der Waals surface area contributed by atoms with Crippen LogP contribution in [0, 0.1) is 0 Å². The largest absolute Gasteiger partial charge is 0.464 e. The summed E-state index contributed by atoms with van der Waals surface area (Å²) in [5.74, 6) is -0.414. The molecule has 0 N–H and O–H groups in total. The number of carbonyl (C=O) groups is 2. The molecule has 0 heterocycles. The standard InChI is InChI=1S/C39H73ClO4/c1-3-5-7-9-11-13-15-17-19-21-23-25-27-29-31-33-38(41)43-35-37(40)36-44-39(42)34-32-30-28-26-24-22-20-18-16-14-12-10-8-6-4-2/h17,19,37H,3-16,18,20-36H2,1-2H3/b19-17-. The van der Waals surface area contributed by atoms with Gasteiger partial charge in [-0.05, 0) is 38.5 Å². The molecule has 0 radical (unpaired) electrons. The van der Waals surface area contributed by atoms with E-state index in [0.29, 0.717) is 12.8 Å². The second-order valence-corrected chi connectivity index (χ2v) is 13.6. The average molecular weight is 641 g/mol. The fraction of sp³-hybridized carbons (Fsp3) is 0.897. The predicted octanol–water partition coefficient (Wildman–Crippen LogP) is 13.0. The number of hydrogen-bond acceptors (Lipinski definition) is 4. The van der Waals surface area contributed by atoms with Gasteiger partial charge in [-0.3, -0.25) is 9.59 Å². The number of rotatable bonds is 35. The first-order valence-corrected chi connectivity index (χ1v) is 19.6. The first-order chi connectivity index (χ1) is 21.6. The summed E-state index contributed by atoms with van der Waals surface area (Å²) < 4.78 is 10.6. The van der Waals surface area contributed by atoms with Crippen LogP contribution in [-0.2, 0) is 19.1 Å². The average Bonchev–Trinajstić information content (AvgIpc) is 3.02. The van der Waals surface area contributed by atoms with Gasteiger partial charge in [0, 0.05) is 12.8 Å². The molecule has 0 aliphatic heterocycles. The lowest BCUT2D eigenvalue weighted by Crippen LogP contribution is -2.21. The van der Waals surface area contributed by atoms with Gasteiger partial charge in [-0.25, -0.2) is 0 Å². The summed E-state index contributed by atoms with van der Waals surface area (Å²) in [6.45, 7) is 4.73.